The van der Waals surface area contributed by atoms with Gasteiger partial charge in [0.2, 0.25) is 0 Å². The number of ether oxygens (including phenoxy) is 1. The molecular weight excluding hydrogens is 779 g/mol. The first-order valence-electron chi connectivity index (χ1n) is 21.8. The molecule has 9 aromatic rings. The molecule has 1 aliphatic carbocycles. The summed E-state index contributed by atoms with van der Waals surface area (Å²) in [5, 5.41) is 5.46. The molecule has 0 saturated heterocycles. The van der Waals surface area contributed by atoms with E-state index in [9.17, 15) is 0 Å². The zero-order chi connectivity index (χ0) is 42.0. The molecule has 0 spiro atoms. The predicted molar refractivity (Wildman–Crippen MR) is 266 cm³/mol. The molecule has 9 aromatic carbocycles. The Morgan fingerprint density at radius 3 is 1.32 bits per heavy atom. The van der Waals surface area contributed by atoms with E-state index in [1.54, 1.807) is 0 Å². The number of nitrogens with zero attached hydrogens (tertiary/aromatic N) is 1. The lowest BCUT2D eigenvalue weighted by atomic mass is 9.88. The Kier molecular flexibility index (Phi) is 10.1. The highest BCUT2D eigenvalue weighted by atomic mass is 28.3. The average Bonchev–Trinajstić information content (AvgIpc) is 3.74. The van der Waals surface area contributed by atoms with Crippen molar-refractivity contribution in [1.82, 2.24) is 0 Å². The number of hydrogen-bond donors (Lipinski definition) is 0. The van der Waals surface area contributed by atoms with Crippen LogP contribution in [0.5, 0.6) is 5.75 Å². The van der Waals surface area contributed by atoms with Crippen molar-refractivity contribution in [3.05, 3.63) is 272 Å². The molecule has 11 rings (SSSR count). The van der Waals surface area contributed by atoms with Gasteiger partial charge in [-0.15, -0.1) is 0 Å². The maximum atomic E-state index is 6.54. The molecule has 0 radical (unpaired) electrons. The second-order valence-corrected chi connectivity index (χ2v) is 20.2. The molecule has 0 aromatic heterocycles. The lowest BCUT2D eigenvalue weighted by Crippen LogP contribution is -2.74. The molecular formula is C60H45NOSi. The van der Waals surface area contributed by atoms with Crippen LogP contribution in [0, 0.1) is 0 Å². The molecule has 2 aliphatic rings. The molecule has 2 unspecified atom stereocenters. The van der Waals surface area contributed by atoms with Gasteiger partial charge in [-0.1, -0.05) is 206 Å². The standard InChI is InChI=1S/C60H45NOSi/c1-6-17-44(18-7-1)46-29-34-50(35-30-46)61(52-38-40-60-58(43-52)57-42-49(33-39-59(57)62-60)45-19-8-2-9-20-45)51-36-31-47(32-37-51)48-21-16-28-56(41-48)63(53-22-10-3-11-23-53,54-24-12-4-13-25-54)55-26-14-5-15-27-55/h1-43,58,60H. The van der Waals surface area contributed by atoms with Crippen LogP contribution in [0.2, 0.25) is 0 Å². The van der Waals surface area contributed by atoms with Crippen molar-refractivity contribution in [2.75, 3.05) is 4.90 Å². The first kappa shape index (κ1) is 38.2. The summed E-state index contributed by atoms with van der Waals surface area (Å²) >= 11 is 0. The minimum atomic E-state index is -2.68. The third-order valence-corrected chi connectivity index (χ3v) is 17.5. The molecule has 1 heterocycles. The van der Waals surface area contributed by atoms with Crippen molar-refractivity contribution in [1.29, 1.82) is 0 Å². The zero-order valence-corrected chi connectivity index (χ0v) is 35.8. The number of rotatable bonds is 10. The van der Waals surface area contributed by atoms with Crippen molar-refractivity contribution >= 4 is 40.2 Å². The third kappa shape index (κ3) is 7.13. The molecule has 2 atom stereocenters. The summed E-state index contributed by atoms with van der Waals surface area (Å²) in [6.07, 6.45) is 6.81. The Hall–Kier alpha value is -7.72. The highest BCUT2D eigenvalue weighted by molar-refractivity contribution is 7.19. The Labute approximate surface area is 371 Å². The lowest BCUT2D eigenvalue weighted by molar-refractivity contribution is 0.268. The van der Waals surface area contributed by atoms with E-state index in [-0.39, 0.29) is 12.0 Å². The maximum Gasteiger partial charge on any atom is 0.179 e. The Morgan fingerprint density at radius 2 is 0.778 bits per heavy atom. The van der Waals surface area contributed by atoms with Crippen LogP contribution in [0.3, 0.4) is 0 Å². The van der Waals surface area contributed by atoms with E-state index in [4.69, 9.17) is 4.74 Å². The van der Waals surface area contributed by atoms with E-state index in [2.05, 4.69) is 266 Å². The molecule has 1 aliphatic heterocycles. The van der Waals surface area contributed by atoms with Crippen LogP contribution in [-0.4, -0.2) is 14.2 Å². The average molecular weight is 824 g/mol. The van der Waals surface area contributed by atoms with Crippen molar-refractivity contribution in [2.24, 2.45) is 0 Å². The predicted octanol–water partition coefficient (Wildman–Crippen LogP) is 12.2. The molecule has 0 amide bonds. The summed E-state index contributed by atoms with van der Waals surface area (Å²) in [4.78, 5) is 2.39. The van der Waals surface area contributed by atoms with Crippen LogP contribution < -0.4 is 30.4 Å². The second-order valence-electron chi connectivity index (χ2n) is 16.4. The molecule has 0 fully saturated rings. The van der Waals surface area contributed by atoms with Gasteiger partial charge < -0.3 is 9.64 Å². The van der Waals surface area contributed by atoms with E-state index in [0.29, 0.717) is 0 Å². The quantitative estimate of drug-likeness (QED) is 0.101. The van der Waals surface area contributed by atoms with Crippen molar-refractivity contribution in [3.8, 4) is 39.1 Å². The lowest BCUT2D eigenvalue weighted by Gasteiger charge is -2.34. The van der Waals surface area contributed by atoms with E-state index < -0.39 is 8.07 Å². The Bertz CT molecular complexity index is 2960. The van der Waals surface area contributed by atoms with Crippen molar-refractivity contribution in [3.63, 3.8) is 0 Å². The van der Waals surface area contributed by atoms with Crippen LogP contribution in [0.4, 0.5) is 11.4 Å². The Morgan fingerprint density at radius 1 is 0.365 bits per heavy atom. The fourth-order valence-corrected chi connectivity index (χ4v) is 14.5. The van der Waals surface area contributed by atoms with Gasteiger partial charge in [-0.05, 0) is 109 Å². The van der Waals surface area contributed by atoms with Gasteiger partial charge in [0.15, 0.2) is 8.07 Å². The molecule has 300 valence electrons. The van der Waals surface area contributed by atoms with E-state index >= 15 is 0 Å². The van der Waals surface area contributed by atoms with Gasteiger partial charge in [0.05, 0.1) is 0 Å². The summed E-state index contributed by atoms with van der Waals surface area (Å²) in [5.74, 6) is 1.04. The van der Waals surface area contributed by atoms with Gasteiger partial charge in [0, 0.05) is 28.6 Å². The van der Waals surface area contributed by atoms with Gasteiger partial charge in [-0.2, -0.15) is 0 Å². The van der Waals surface area contributed by atoms with Crippen molar-refractivity contribution in [2.45, 2.75) is 12.0 Å². The number of allylic oxidation sites excluding steroid dienone is 1. The van der Waals surface area contributed by atoms with Gasteiger partial charge in [-0.25, -0.2) is 0 Å². The van der Waals surface area contributed by atoms with Gasteiger partial charge >= 0.3 is 0 Å². The fourth-order valence-electron chi connectivity index (χ4n) is 9.73. The first-order chi connectivity index (χ1) is 31.2. The van der Waals surface area contributed by atoms with Gasteiger partial charge in [-0.3, -0.25) is 0 Å². The van der Waals surface area contributed by atoms with Crippen LogP contribution in [0.15, 0.2) is 267 Å². The van der Waals surface area contributed by atoms with Crippen LogP contribution >= 0.6 is 0 Å². The number of hydrogen-bond acceptors (Lipinski definition) is 2. The molecule has 0 N–H and O–H groups in total. The van der Waals surface area contributed by atoms with Crippen molar-refractivity contribution < 1.29 is 4.74 Å². The van der Waals surface area contributed by atoms with Gasteiger partial charge in [0.25, 0.3) is 0 Å². The third-order valence-electron chi connectivity index (χ3n) is 12.8. The van der Waals surface area contributed by atoms with Crippen LogP contribution in [0.1, 0.15) is 11.5 Å². The number of benzene rings is 9. The Balaban J connectivity index is 0.996. The topological polar surface area (TPSA) is 12.5 Å². The smallest absolute Gasteiger partial charge is 0.179 e. The summed E-state index contributed by atoms with van der Waals surface area (Å²) < 4.78 is 6.54. The van der Waals surface area contributed by atoms with E-state index in [1.165, 1.54) is 59.7 Å². The SMILES string of the molecule is C1=CC2Oc3ccc(-c4ccccc4)cc3C2C=C1N(c1ccc(-c2ccccc2)cc1)c1ccc(-c2cccc([Si](c3ccccc3)(c3ccccc3)c3ccccc3)c2)cc1. The summed E-state index contributed by atoms with van der Waals surface area (Å²) in [6.45, 7) is 0. The number of anilines is 2. The molecule has 0 saturated carbocycles. The minimum Gasteiger partial charge on any atom is -0.485 e. The first-order valence-corrected chi connectivity index (χ1v) is 23.8. The summed E-state index contributed by atoms with van der Waals surface area (Å²) in [7, 11) is -2.68. The molecule has 0 bridgehead atoms. The van der Waals surface area contributed by atoms with Crippen LogP contribution in [-0.2, 0) is 0 Å². The maximum absolute atomic E-state index is 6.54. The van der Waals surface area contributed by atoms with E-state index in [1.807, 2.05) is 0 Å². The second kappa shape index (κ2) is 16.6. The largest absolute Gasteiger partial charge is 0.485 e. The highest BCUT2D eigenvalue weighted by Crippen LogP contribution is 2.46. The van der Waals surface area contributed by atoms with Crippen LogP contribution in [0.25, 0.3) is 33.4 Å². The number of fused-ring (bicyclic) bond motifs is 3. The van der Waals surface area contributed by atoms with E-state index in [0.717, 1.165) is 22.8 Å². The molecule has 3 heteroatoms. The molecule has 63 heavy (non-hydrogen) atoms. The fraction of sp³-hybridized carbons (Fsp3) is 0.0333. The minimum absolute atomic E-state index is 0.0509. The molecule has 2 nitrogen and oxygen atoms in total. The zero-order valence-electron chi connectivity index (χ0n) is 34.8. The monoisotopic (exact) mass is 823 g/mol. The van der Waals surface area contributed by atoms with Gasteiger partial charge in [0.1, 0.15) is 11.9 Å². The normalized spacial score (nSPS) is 15.1. The summed E-state index contributed by atoms with van der Waals surface area (Å²) in [6, 6.07) is 88.6. The highest BCUT2D eigenvalue weighted by Gasteiger charge is 2.41. The summed E-state index contributed by atoms with van der Waals surface area (Å²) in [5.41, 5.74) is 11.7.